The Morgan fingerprint density at radius 1 is 1.16 bits per heavy atom. The molecule has 0 radical (unpaired) electrons. The molecule has 130 valence electrons. The van der Waals surface area contributed by atoms with Gasteiger partial charge in [0.25, 0.3) is 0 Å². The SMILES string of the molecule is O=C1NCC(c2cccnc2)(c2cccc(Cl)c2)N1C1CCNCC1. The van der Waals surface area contributed by atoms with Gasteiger partial charge in [-0.1, -0.05) is 29.8 Å². The Morgan fingerprint density at radius 3 is 2.68 bits per heavy atom. The molecule has 1 aromatic carbocycles. The van der Waals surface area contributed by atoms with Crippen LogP contribution in [0.5, 0.6) is 0 Å². The topological polar surface area (TPSA) is 57.3 Å². The molecule has 2 aliphatic rings. The highest BCUT2D eigenvalue weighted by atomic mass is 35.5. The first kappa shape index (κ1) is 16.4. The van der Waals surface area contributed by atoms with Crippen molar-refractivity contribution in [3.63, 3.8) is 0 Å². The molecule has 6 heteroatoms. The van der Waals surface area contributed by atoms with E-state index in [1.165, 1.54) is 0 Å². The minimum absolute atomic E-state index is 0.0178. The fourth-order valence-electron chi connectivity index (χ4n) is 4.09. The molecule has 2 aromatic rings. The molecule has 2 saturated heterocycles. The molecule has 4 rings (SSSR count). The van der Waals surface area contributed by atoms with Gasteiger partial charge in [-0.3, -0.25) is 4.98 Å². The standard InChI is InChI=1S/C19H21ClN4O/c20-16-5-1-3-14(11-16)19(15-4-2-8-22-12-15)13-23-18(25)24(19)17-6-9-21-10-7-17/h1-5,8,11-12,17,21H,6-7,9-10,13H2,(H,23,25). The maximum absolute atomic E-state index is 12.9. The molecule has 2 N–H and O–H groups in total. The zero-order chi connectivity index (χ0) is 17.3. The van der Waals surface area contributed by atoms with Crippen molar-refractivity contribution in [2.75, 3.05) is 19.6 Å². The van der Waals surface area contributed by atoms with Crippen LogP contribution in [0.2, 0.25) is 5.02 Å². The van der Waals surface area contributed by atoms with Crippen LogP contribution in [-0.2, 0) is 5.54 Å². The number of amides is 2. The van der Waals surface area contributed by atoms with E-state index < -0.39 is 5.54 Å². The number of piperidine rings is 1. The van der Waals surface area contributed by atoms with E-state index in [4.69, 9.17) is 11.6 Å². The van der Waals surface area contributed by atoms with Gasteiger partial charge in [0.05, 0.1) is 6.54 Å². The van der Waals surface area contributed by atoms with E-state index in [-0.39, 0.29) is 12.1 Å². The molecular formula is C19H21ClN4O. The summed E-state index contributed by atoms with van der Waals surface area (Å²) in [6.45, 7) is 2.36. The number of urea groups is 1. The summed E-state index contributed by atoms with van der Waals surface area (Å²) < 4.78 is 0. The van der Waals surface area contributed by atoms with Gasteiger partial charge in [0.1, 0.15) is 5.54 Å². The molecule has 1 atom stereocenters. The average molecular weight is 357 g/mol. The fraction of sp³-hybridized carbons (Fsp3) is 0.368. The van der Waals surface area contributed by atoms with Crippen molar-refractivity contribution in [1.29, 1.82) is 0 Å². The summed E-state index contributed by atoms with van der Waals surface area (Å²) in [5.41, 5.74) is 1.44. The van der Waals surface area contributed by atoms with Crippen molar-refractivity contribution in [3.8, 4) is 0 Å². The zero-order valence-electron chi connectivity index (χ0n) is 13.9. The number of benzene rings is 1. The van der Waals surface area contributed by atoms with Crippen LogP contribution < -0.4 is 10.6 Å². The molecule has 5 nitrogen and oxygen atoms in total. The predicted octanol–water partition coefficient (Wildman–Crippen LogP) is 2.76. The van der Waals surface area contributed by atoms with Crippen LogP contribution in [0, 0.1) is 0 Å². The summed E-state index contributed by atoms with van der Waals surface area (Å²) in [5, 5.41) is 7.12. The number of hydrogen-bond acceptors (Lipinski definition) is 3. The van der Waals surface area contributed by atoms with Gasteiger partial charge in [0.2, 0.25) is 0 Å². The Bertz CT molecular complexity index is 763. The van der Waals surface area contributed by atoms with Crippen LogP contribution in [0.15, 0.2) is 48.8 Å². The molecule has 2 aliphatic heterocycles. The lowest BCUT2D eigenvalue weighted by molar-refractivity contribution is 0.121. The molecular weight excluding hydrogens is 336 g/mol. The molecule has 0 spiro atoms. The minimum atomic E-state index is -0.585. The molecule has 0 aliphatic carbocycles. The van der Waals surface area contributed by atoms with Crippen molar-refractivity contribution in [2.45, 2.75) is 24.4 Å². The number of hydrogen-bond donors (Lipinski definition) is 2. The lowest BCUT2D eigenvalue weighted by Crippen LogP contribution is -2.54. The van der Waals surface area contributed by atoms with Crippen LogP contribution in [0.1, 0.15) is 24.0 Å². The second kappa shape index (κ2) is 6.65. The van der Waals surface area contributed by atoms with Crippen LogP contribution in [0.4, 0.5) is 4.79 Å². The predicted molar refractivity (Wildman–Crippen MR) is 97.6 cm³/mol. The van der Waals surface area contributed by atoms with Gasteiger partial charge in [-0.2, -0.15) is 0 Å². The quantitative estimate of drug-likeness (QED) is 0.889. The molecule has 25 heavy (non-hydrogen) atoms. The van der Waals surface area contributed by atoms with E-state index in [1.54, 1.807) is 6.20 Å². The maximum atomic E-state index is 12.9. The van der Waals surface area contributed by atoms with Gasteiger partial charge >= 0.3 is 6.03 Å². The molecule has 2 fully saturated rings. The Morgan fingerprint density at radius 2 is 1.96 bits per heavy atom. The number of nitrogens with one attached hydrogen (secondary N) is 2. The van der Waals surface area contributed by atoms with Gasteiger partial charge in [0, 0.05) is 29.0 Å². The molecule has 0 bridgehead atoms. The number of carbonyl (C=O) groups excluding carboxylic acids is 1. The summed E-state index contributed by atoms with van der Waals surface area (Å²) in [6, 6.07) is 11.9. The first-order chi connectivity index (χ1) is 12.2. The van der Waals surface area contributed by atoms with Gasteiger partial charge in [0.15, 0.2) is 0 Å². The monoisotopic (exact) mass is 356 g/mol. The number of nitrogens with zero attached hydrogens (tertiary/aromatic N) is 2. The summed E-state index contributed by atoms with van der Waals surface area (Å²) >= 11 is 6.29. The normalized spacial score (nSPS) is 24.4. The third-order valence-electron chi connectivity index (χ3n) is 5.24. The van der Waals surface area contributed by atoms with E-state index >= 15 is 0 Å². The van der Waals surface area contributed by atoms with Gasteiger partial charge < -0.3 is 15.5 Å². The summed E-state index contributed by atoms with van der Waals surface area (Å²) in [4.78, 5) is 19.2. The molecule has 0 saturated carbocycles. The highest BCUT2D eigenvalue weighted by Crippen LogP contribution is 2.42. The summed E-state index contributed by atoms with van der Waals surface area (Å²) in [6.07, 6.45) is 5.50. The first-order valence-electron chi connectivity index (χ1n) is 8.66. The minimum Gasteiger partial charge on any atom is -0.335 e. The summed E-state index contributed by atoms with van der Waals surface area (Å²) in [5.74, 6) is 0. The van der Waals surface area contributed by atoms with E-state index in [2.05, 4.69) is 15.6 Å². The molecule has 1 aromatic heterocycles. The molecule has 2 amide bonds. The fourth-order valence-corrected chi connectivity index (χ4v) is 4.28. The number of aromatic nitrogens is 1. The van der Waals surface area contributed by atoms with Gasteiger partial charge in [-0.25, -0.2) is 4.79 Å². The van der Waals surface area contributed by atoms with E-state index in [9.17, 15) is 4.79 Å². The Hall–Kier alpha value is -2.11. The van der Waals surface area contributed by atoms with E-state index in [0.29, 0.717) is 11.6 Å². The van der Waals surface area contributed by atoms with E-state index in [1.807, 2.05) is 47.5 Å². The molecule has 1 unspecified atom stereocenters. The third kappa shape index (κ3) is 2.77. The van der Waals surface area contributed by atoms with Crippen LogP contribution in [0.25, 0.3) is 0 Å². The smallest absolute Gasteiger partial charge is 0.318 e. The average Bonchev–Trinajstić information content (AvgIpc) is 3.01. The highest BCUT2D eigenvalue weighted by Gasteiger charge is 2.51. The van der Waals surface area contributed by atoms with Gasteiger partial charge in [-0.15, -0.1) is 0 Å². The van der Waals surface area contributed by atoms with Crippen molar-refractivity contribution in [1.82, 2.24) is 20.5 Å². The lowest BCUT2D eigenvalue weighted by Gasteiger charge is -2.44. The van der Waals surface area contributed by atoms with Crippen LogP contribution in [0.3, 0.4) is 0 Å². The van der Waals surface area contributed by atoms with Gasteiger partial charge in [-0.05, 0) is 49.7 Å². The lowest BCUT2D eigenvalue weighted by atomic mass is 9.81. The maximum Gasteiger partial charge on any atom is 0.318 e. The third-order valence-corrected chi connectivity index (χ3v) is 5.48. The van der Waals surface area contributed by atoms with Crippen LogP contribution >= 0.6 is 11.6 Å². The largest absolute Gasteiger partial charge is 0.335 e. The number of pyridine rings is 1. The Balaban J connectivity index is 1.89. The first-order valence-corrected chi connectivity index (χ1v) is 9.04. The molecule has 3 heterocycles. The van der Waals surface area contributed by atoms with E-state index in [0.717, 1.165) is 37.1 Å². The van der Waals surface area contributed by atoms with Crippen molar-refractivity contribution < 1.29 is 4.79 Å². The second-order valence-electron chi connectivity index (χ2n) is 6.62. The number of halogens is 1. The van der Waals surface area contributed by atoms with Crippen molar-refractivity contribution in [2.24, 2.45) is 0 Å². The van der Waals surface area contributed by atoms with Crippen molar-refractivity contribution in [3.05, 3.63) is 64.9 Å². The Kier molecular flexibility index (Phi) is 4.36. The number of carbonyl (C=O) groups is 1. The van der Waals surface area contributed by atoms with Crippen LogP contribution in [-0.4, -0.2) is 41.6 Å². The Labute approximate surface area is 152 Å². The second-order valence-corrected chi connectivity index (χ2v) is 7.06. The summed E-state index contributed by atoms with van der Waals surface area (Å²) in [7, 11) is 0. The highest BCUT2D eigenvalue weighted by molar-refractivity contribution is 6.30. The van der Waals surface area contributed by atoms with Crippen molar-refractivity contribution >= 4 is 17.6 Å². The zero-order valence-corrected chi connectivity index (χ0v) is 14.7. The number of rotatable bonds is 3.